The maximum absolute atomic E-state index is 11.8. The molecule has 1 spiro atoms. The van der Waals surface area contributed by atoms with Crippen LogP contribution in [0, 0.1) is 0 Å². The van der Waals surface area contributed by atoms with E-state index in [2.05, 4.69) is 0 Å². The van der Waals surface area contributed by atoms with Gasteiger partial charge in [0.05, 0.1) is 0 Å². The number of phenols is 2. The number of hydrogen-bond acceptors (Lipinski definition) is 7. The molecule has 1 aromatic carbocycles. The number of carbonyl (C=O) groups excluding carboxylic acids is 1. The Kier molecular flexibility index (Phi) is 2.83. The van der Waals surface area contributed by atoms with E-state index in [0.717, 1.165) is 0 Å². The quantitative estimate of drug-likeness (QED) is 0.556. The van der Waals surface area contributed by atoms with Crippen LogP contribution in [0.15, 0.2) is 35.8 Å². The van der Waals surface area contributed by atoms with Gasteiger partial charge in [-0.15, -0.1) is 0 Å². The number of allylic oxidation sites excluding steroid dienone is 1. The van der Waals surface area contributed by atoms with Gasteiger partial charge in [0.25, 0.3) is 0 Å². The van der Waals surface area contributed by atoms with Gasteiger partial charge in [0.1, 0.15) is 23.7 Å². The van der Waals surface area contributed by atoms with Crippen molar-refractivity contribution in [2.24, 2.45) is 0 Å². The first-order valence-corrected chi connectivity index (χ1v) is 7.44. The number of aromatic hydroxyl groups is 2. The Labute approximate surface area is 137 Å². The second-order valence-corrected chi connectivity index (χ2v) is 6.43. The first-order valence-electron chi connectivity index (χ1n) is 7.44. The Balaban J connectivity index is 2.10. The summed E-state index contributed by atoms with van der Waals surface area (Å²) < 4.78 is 11.1. The van der Waals surface area contributed by atoms with Crippen LogP contribution in [0.4, 0.5) is 0 Å². The average Bonchev–Trinajstić information content (AvgIpc) is 2.53. The van der Waals surface area contributed by atoms with Crippen LogP contribution in [-0.2, 0) is 26.1 Å². The lowest BCUT2D eigenvalue weighted by molar-refractivity contribution is -0.184. The van der Waals surface area contributed by atoms with Gasteiger partial charge in [-0.05, 0) is 29.3 Å². The molecule has 1 aliphatic heterocycles. The summed E-state index contributed by atoms with van der Waals surface area (Å²) >= 11 is 0. The number of ketones is 1. The van der Waals surface area contributed by atoms with Crippen LogP contribution < -0.4 is 0 Å². The fourth-order valence-corrected chi connectivity index (χ4v) is 4.14. The van der Waals surface area contributed by atoms with E-state index in [-0.39, 0.29) is 30.3 Å². The number of fused-ring (bicyclic) bond motifs is 2. The van der Waals surface area contributed by atoms with Gasteiger partial charge in [0.15, 0.2) is 17.3 Å². The minimum Gasteiger partial charge on any atom is -0.504 e. The third kappa shape index (κ3) is 1.60. The van der Waals surface area contributed by atoms with Crippen molar-refractivity contribution in [1.82, 2.24) is 0 Å². The number of rotatable bonds is 1. The molecule has 7 heteroatoms. The standard InChI is InChI=1S/C17H16O7/c1-23-15-16(22)6-8-4-11(19)12(20)5-9(8)17(15)3-2-10(18)13(21)14(17)24-7-16/h2-5,15,19-22H,6-7H2,1H3/t15-,16-,17?/m1/s1. The van der Waals surface area contributed by atoms with Crippen molar-refractivity contribution in [3.8, 4) is 11.5 Å². The van der Waals surface area contributed by atoms with Crippen LogP contribution in [0.1, 0.15) is 11.1 Å². The highest BCUT2D eigenvalue weighted by Crippen LogP contribution is 2.55. The van der Waals surface area contributed by atoms with Gasteiger partial charge in [-0.2, -0.15) is 0 Å². The first-order chi connectivity index (χ1) is 11.3. The monoisotopic (exact) mass is 332 g/mol. The lowest BCUT2D eigenvalue weighted by atomic mass is 9.58. The van der Waals surface area contributed by atoms with Crippen molar-refractivity contribution in [2.75, 3.05) is 13.7 Å². The van der Waals surface area contributed by atoms with Gasteiger partial charge < -0.3 is 29.9 Å². The van der Waals surface area contributed by atoms with Crippen LogP contribution in [0.25, 0.3) is 0 Å². The highest BCUT2D eigenvalue weighted by Gasteiger charge is 2.63. The average molecular weight is 332 g/mol. The summed E-state index contributed by atoms with van der Waals surface area (Å²) in [5, 5.41) is 41.0. The van der Waals surface area contributed by atoms with Crippen LogP contribution in [-0.4, -0.2) is 51.6 Å². The zero-order valence-corrected chi connectivity index (χ0v) is 12.8. The molecule has 0 radical (unpaired) electrons. The number of benzene rings is 1. The molecule has 2 aliphatic carbocycles. The highest BCUT2D eigenvalue weighted by molar-refractivity contribution is 6.04. The van der Waals surface area contributed by atoms with Crippen molar-refractivity contribution in [2.45, 2.75) is 23.5 Å². The molecule has 7 nitrogen and oxygen atoms in total. The van der Waals surface area contributed by atoms with Crippen molar-refractivity contribution < 1.29 is 34.7 Å². The van der Waals surface area contributed by atoms with Crippen LogP contribution in [0.2, 0.25) is 0 Å². The van der Waals surface area contributed by atoms with Gasteiger partial charge in [0, 0.05) is 13.5 Å². The number of aliphatic hydroxyl groups excluding tert-OH is 1. The number of ether oxygens (including phenoxy) is 2. The Bertz CT molecular complexity index is 824. The highest BCUT2D eigenvalue weighted by atomic mass is 16.5. The Morgan fingerprint density at radius 1 is 1.25 bits per heavy atom. The second kappa shape index (κ2) is 4.52. The summed E-state index contributed by atoms with van der Waals surface area (Å²) in [4.78, 5) is 11.8. The largest absolute Gasteiger partial charge is 0.504 e. The third-order valence-corrected chi connectivity index (χ3v) is 5.07. The summed E-state index contributed by atoms with van der Waals surface area (Å²) in [6.45, 7) is -0.172. The molecule has 1 unspecified atom stereocenters. The smallest absolute Gasteiger partial charge is 0.223 e. The summed E-state index contributed by atoms with van der Waals surface area (Å²) in [6, 6.07) is 2.71. The fourth-order valence-electron chi connectivity index (χ4n) is 4.14. The molecular weight excluding hydrogens is 316 g/mol. The Morgan fingerprint density at radius 2 is 1.96 bits per heavy atom. The molecule has 0 aromatic heterocycles. The number of aliphatic hydroxyl groups is 2. The molecule has 1 fully saturated rings. The van der Waals surface area contributed by atoms with Crippen LogP contribution in [0.5, 0.6) is 11.5 Å². The fraction of sp³-hybridized carbons (Fsp3) is 0.353. The SMILES string of the molecule is CO[C@H]1C23C=CC(=O)C(O)=C2OC[C@]1(O)Cc1cc(O)c(O)cc13. The molecule has 24 heavy (non-hydrogen) atoms. The van der Waals surface area contributed by atoms with Gasteiger partial charge in [-0.25, -0.2) is 0 Å². The zero-order chi connectivity index (χ0) is 17.3. The van der Waals surface area contributed by atoms with Gasteiger partial charge in [-0.1, -0.05) is 6.08 Å². The predicted octanol–water partition coefficient (Wildman–Crippen LogP) is 0.576. The van der Waals surface area contributed by atoms with Crippen molar-refractivity contribution in [1.29, 1.82) is 0 Å². The van der Waals surface area contributed by atoms with E-state index < -0.39 is 28.7 Å². The summed E-state index contributed by atoms with van der Waals surface area (Å²) in [5.41, 5.74) is -1.61. The van der Waals surface area contributed by atoms with Crippen LogP contribution >= 0.6 is 0 Å². The van der Waals surface area contributed by atoms with E-state index in [1.165, 1.54) is 31.4 Å². The van der Waals surface area contributed by atoms with E-state index in [1.54, 1.807) is 0 Å². The predicted molar refractivity (Wildman–Crippen MR) is 80.7 cm³/mol. The van der Waals surface area contributed by atoms with Crippen molar-refractivity contribution >= 4 is 5.78 Å². The van der Waals surface area contributed by atoms with Crippen LogP contribution in [0.3, 0.4) is 0 Å². The Hall–Kier alpha value is -2.51. The summed E-state index contributed by atoms with van der Waals surface area (Å²) in [5.74, 6) is -1.84. The van der Waals surface area contributed by atoms with E-state index in [4.69, 9.17) is 9.47 Å². The molecule has 1 heterocycles. The molecule has 4 N–H and O–H groups in total. The topological polar surface area (TPSA) is 116 Å². The molecule has 126 valence electrons. The maximum Gasteiger partial charge on any atom is 0.223 e. The van der Waals surface area contributed by atoms with E-state index in [0.29, 0.717) is 11.1 Å². The molecule has 0 saturated carbocycles. The van der Waals surface area contributed by atoms with Crippen molar-refractivity contribution in [3.05, 3.63) is 46.9 Å². The lowest BCUT2D eigenvalue weighted by Crippen LogP contribution is -2.66. The van der Waals surface area contributed by atoms with Crippen molar-refractivity contribution in [3.63, 3.8) is 0 Å². The zero-order valence-electron chi connectivity index (χ0n) is 12.8. The minimum absolute atomic E-state index is 0.0161. The molecule has 4 rings (SSSR count). The second-order valence-electron chi connectivity index (χ2n) is 6.43. The van der Waals surface area contributed by atoms with Gasteiger partial charge >= 0.3 is 0 Å². The number of methoxy groups -OCH3 is 1. The maximum atomic E-state index is 11.8. The van der Waals surface area contributed by atoms with E-state index in [9.17, 15) is 25.2 Å². The Morgan fingerprint density at radius 3 is 2.67 bits per heavy atom. The van der Waals surface area contributed by atoms with Gasteiger partial charge in [0.2, 0.25) is 11.5 Å². The molecule has 3 atom stereocenters. The summed E-state index contributed by atoms with van der Waals surface area (Å²) in [7, 11) is 1.42. The number of hydrogen-bond donors (Lipinski definition) is 4. The van der Waals surface area contributed by atoms with E-state index >= 15 is 0 Å². The normalized spacial score (nSPS) is 33.8. The third-order valence-electron chi connectivity index (χ3n) is 5.07. The molecule has 0 amide bonds. The molecule has 1 aromatic rings. The molecule has 3 aliphatic rings. The first kappa shape index (κ1) is 15.0. The number of carbonyl (C=O) groups is 1. The van der Waals surface area contributed by atoms with Gasteiger partial charge in [-0.3, -0.25) is 4.79 Å². The molecule has 2 bridgehead atoms. The van der Waals surface area contributed by atoms with E-state index in [1.807, 2.05) is 0 Å². The lowest BCUT2D eigenvalue weighted by Gasteiger charge is -2.55. The summed E-state index contributed by atoms with van der Waals surface area (Å²) in [6.07, 6.45) is 2.00. The number of phenolic OH excluding ortho intramolecular Hbond substituents is 2. The molecular formula is C17H16O7. The molecule has 1 saturated heterocycles. The minimum atomic E-state index is -1.42.